The van der Waals surface area contributed by atoms with Crippen LogP contribution in [0.4, 0.5) is 5.69 Å². The number of aromatic nitrogens is 1. The van der Waals surface area contributed by atoms with Crippen LogP contribution in [0.3, 0.4) is 0 Å². The van der Waals surface area contributed by atoms with Gasteiger partial charge >= 0.3 is 0 Å². The molecule has 0 radical (unpaired) electrons. The van der Waals surface area contributed by atoms with Crippen LogP contribution in [0.25, 0.3) is 10.9 Å². The van der Waals surface area contributed by atoms with Crippen molar-refractivity contribution in [2.75, 3.05) is 5.32 Å². The summed E-state index contributed by atoms with van der Waals surface area (Å²) in [5.74, 6) is 0. The molecule has 1 aromatic heterocycles. The molecule has 0 saturated carbocycles. The molecule has 0 unspecified atom stereocenters. The highest BCUT2D eigenvalue weighted by molar-refractivity contribution is 6.31. The maximum atomic E-state index is 6.16. The SMILES string of the molecule is Clc1ccc(N[C@H]2CCCc3c2[nH]c2ccc(Cl)cc32)cc1. The largest absolute Gasteiger partial charge is 0.377 e. The summed E-state index contributed by atoms with van der Waals surface area (Å²) >= 11 is 12.1. The molecule has 0 spiro atoms. The third kappa shape index (κ3) is 2.47. The number of aromatic amines is 1. The summed E-state index contributed by atoms with van der Waals surface area (Å²) in [6, 6.07) is 14.2. The predicted octanol–water partition coefficient (Wildman–Crippen LogP) is 5.96. The third-order valence-corrected chi connectivity index (χ3v) is 4.84. The van der Waals surface area contributed by atoms with Crippen LogP contribution in [-0.4, -0.2) is 4.98 Å². The Labute approximate surface area is 139 Å². The average molecular weight is 331 g/mol. The second kappa shape index (κ2) is 5.53. The number of benzene rings is 2. The highest BCUT2D eigenvalue weighted by atomic mass is 35.5. The predicted molar refractivity (Wildman–Crippen MR) is 94.1 cm³/mol. The Morgan fingerprint density at radius 1 is 1.00 bits per heavy atom. The molecule has 0 aliphatic heterocycles. The van der Waals surface area contributed by atoms with Crippen LogP contribution in [0.5, 0.6) is 0 Å². The van der Waals surface area contributed by atoms with Crippen LogP contribution in [0.2, 0.25) is 10.0 Å². The van der Waals surface area contributed by atoms with Crippen molar-refractivity contribution in [1.29, 1.82) is 0 Å². The van der Waals surface area contributed by atoms with E-state index in [1.165, 1.54) is 28.6 Å². The van der Waals surface area contributed by atoms with Gasteiger partial charge in [0.05, 0.1) is 6.04 Å². The number of anilines is 1. The Morgan fingerprint density at radius 2 is 1.77 bits per heavy atom. The average Bonchev–Trinajstić information content (AvgIpc) is 2.89. The molecular formula is C18H16Cl2N2. The van der Waals surface area contributed by atoms with E-state index in [9.17, 15) is 0 Å². The summed E-state index contributed by atoms with van der Waals surface area (Å²) in [6.45, 7) is 0. The molecule has 0 fully saturated rings. The van der Waals surface area contributed by atoms with Gasteiger partial charge in [-0.05, 0) is 67.3 Å². The summed E-state index contributed by atoms with van der Waals surface area (Å²) in [6.07, 6.45) is 3.41. The molecule has 4 heteroatoms. The van der Waals surface area contributed by atoms with Crippen molar-refractivity contribution in [3.63, 3.8) is 0 Å². The van der Waals surface area contributed by atoms with Crippen molar-refractivity contribution in [3.05, 3.63) is 63.8 Å². The number of halogens is 2. The van der Waals surface area contributed by atoms with E-state index in [1.807, 2.05) is 30.3 Å². The zero-order chi connectivity index (χ0) is 15.1. The van der Waals surface area contributed by atoms with Gasteiger partial charge in [-0.3, -0.25) is 0 Å². The van der Waals surface area contributed by atoms with E-state index < -0.39 is 0 Å². The van der Waals surface area contributed by atoms with Gasteiger partial charge in [0, 0.05) is 32.3 Å². The smallest absolute Gasteiger partial charge is 0.0666 e. The first-order chi connectivity index (χ1) is 10.7. The van der Waals surface area contributed by atoms with E-state index in [0.29, 0.717) is 6.04 Å². The Balaban J connectivity index is 1.72. The Morgan fingerprint density at radius 3 is 2.59 bits per heavy atom. The van der Waals surface area contributed by atoms with Crippen LogP contribution < -0.4 is 5.32 Å². The van der Waals surface area contributed by atoms with Crippen LogP contribution in [0.1, 0.15) is 30.1 Å². The minimum absolute atomic E-state index is 0.302. The van der Waals surface area contributed by atoms with Gasteiger partial charge < -0.3 is 10.3 Å². The van der Waals surface area contributed by atoms with Crippen LogP contribution in [0, 0.1) is 0 Å². The molecule has 0 amide bonds. The summed E-state index contributed by atoms with van der Waals surface area (Å²) in [7, 11) is 0. The second-order valence-corrected chi connectivity index (χ2v) is 6.68. The van der Waals surface area contributed by atoms with Crippen molar-refractivity contribution < 1.29 is 0 Å². The van der Waals surface area contributed by atoms with Crippen molar-refractivity contribution >= 4 is 39.8 Å². The highest BCUT2D eigenvalue weighted by Crippen LogP contribution is 2.37. The summed E-state index contributed by atoms with van der Waals surface area (Å²) < 4.78 is 0. The van der Waals surface area contributed by atoms with Crippen molar-refractivity contribution in [3.8, 4) is 0 Å². The van der Waals surface area contributed by atoms with E-state index in [1.54, 1.807) is 0 Å². The van der Waals surface area contributed by atoms with E-state index in [2.05, 4.69) is 22.4 Å². The number of hydrogen-bond donors (Lipinski definition) is 2. The van der Waals surface area contributed by atoms with Gasteiger partial charge in [0.2, 0.25) is 0 Å². The highest BCUT2D eigenvalue weighted by Gasteiger charge is 2.24. The molecule has 22 heavy (non-hydrogen) atoms. The van der Waals surface area contributed by atoms with Gasteiger partial charge in [0.15, 0.2) is 0 Å². The lowest BCUT2D eigenvalue weighted by molar-refractivity contribution is 0.593. The standard InChI is InChI=1S/C18H16Cl2N2/c19-11-4-7-13(8-5-11)21-17-3-1-2-14-15-10-12(20)6-9-16(15)22-18(14)17/h4-10,17,21-22H,1-3H2/t17-/m0/s1. The van der Waals surface area contributed by atoms with E-state index in [0.717, 1.165) is 28.6 Å². The number of H-pyrrole nitrogens is 1. The van der Waals surface area contributed by atoms with Crippen LogP contribution in [0.15, 0.2) is 42.5 Å². The van der Waals surface area contributed by atoms with E-state index in [-0.39, 0.29) is 0 Å². The van der Waals surface area contributed by atoms with E-state index in [4.69, 9.17) is 23.2 Å². The molecule has 1 atom stereocenters. The lowest BCUT2D eigenvalue weighted by Crippen LogP contribution is -2.17. The minimum Gasteiger partial charge on any atom is -0.377 e. The second-order valence-electron chi connectivity index (χ2n) is 5.80. The van der Waals surface area contributed by atoms with Gasteiger partial charge in [-0.25, -0.2) is 0 Å². The van der Waals surface area contributed by atoms with Gasteiger partial charge in [0.25, 0.3) is 0 Å². The van der Waals surface area contributed by atoms with Gasteiger partial charge in [0.1, 0.15) is 0 Å². The molecule has 2 nitrogen and oxygen atoms in total. The number of rotatable bonds is 2. The maximum Gasteiger partial charge on any atom is 0.0666 e. The van der Waals surface area contributed by atoms with Gasteiger partial charge in [-0.15, -0.1) is 0 Å². The first-order valence-corrected chi connectivity index (χ1v) is 8.28. The quantitative estimate of drug-likeness (QED) is 0.595. The van der Waals surface area contributed by atoms with Crippen molar-refractivity contribution in [2.45, 2.75) is 25.3 Å². The third-order valence-electron chi connectivity index (χ3n) is 4.35. The van der Waals surface area contributed by atoms with Gasteiger partial charge in [-0.1, -0.05) is 23.2 Å². The fourth-order valence-electron chi connectivity index (χ4n) is 3.33. The van der Waals surface area contributed by atoms with Crippen LogP contribution in [-0.2, 0) is 6.42 Å². The van der Waals surface area contributed by atoms with E-state index >= 15 is 0 Å². The molecule has 3 aromatic rings. The topological polar surface area (TPSA) is 27.8 Å². The maximum absolute atomic E-state index is 6.16. The fourth-order valence-corrected chi connectivity index (χ4v) is 3.62. The molecule has 0 saturated heterocycles. The zero-order valence-corrected chi connectivity index (χ0v) is 13.5. The lowest BCUT2D eigenvalue weighted by atomic mass is 9.91. The Kier molecular flexibility index (Phi) is 3.51. The molecule has 112 valence electrons. The molecule has 1 aliphatic carbocycles. The summed E-state index contributed by atoms with van der Waals surface area (Å²) in [5, 5.41) is 6.42. The number of hydrogen-bond acceptors (Lipinski definition) is 1. The van der Waals surface area contributed by atoms with Crippen molar-refractivity contribution in [1.82, 2.24) is 4.98 Å². The first kappa shape index (κ1) is 14.0. The monoisotopic (exact) mass is 330 g/mol. The Hall–Kier alpha value is -1.64. The lowest BCUT2D eigenvalue weighted by Gasteiger charge is -2.24. The number of aryl methyl sites for hydroxylation is 1. The van der Waals surface area contributed by atoms with Crippen molar-refractivity contribution in [2.24, 2.45) is 0 Å². The number of nitrogens with one attached hydrogen (secondary N) is 2. The molecule has 1 heterocycles. The first-order valence-electron chi connectivity index (χ1n) is 7.53. The normalized spacial score (nSPS) is 17.5. The van der Waals surface area contributed by atoms with Gasteiger partial charge in [-0.2, -0.15) is 0 Å². The summed E-state index contributed by atoms with van der Waals surface area (Å²) in [4.78, 5) is 3.58. The molecule has 4 rings (SSSR count). The van der Waals surface area contributed by atoms with Crippen LogP contribution >= 0.6 is 23.2 Å². The number of fused-ring (bicyclic) bond motifs is 3. The summed E-state index contributed by atoms with van der Waals surface area (Å²) in [5.41, 5.74) is 4.95. The molecule has 2 aromatic carbocycles. The molecule has 0 bridgehead atoms. The Bertz CT molecular complexity index is 821. The molecule has 1 aliphatic rings. The molecule has 2 N–H and O–H groups in total. The molecular weight excluding hydrogens is 315 g/mol. The minimum atomic E-state index is 0.302. The fraction of sp³-hybridized carbons (Fsp3) is 0.222. The zero-order valence-electron chi connectivity index (χ0n) is 12.0.